The monoisotopic (exact) mass is 391 g/mol. The summed E-state index contributed by atoms with van der Waals surface area (Å²) < 4.78 is 28.1. The molecule has 0 fully saturated rings. The van der Waals surface area contributed by atoms with Gasteiger partial charge in [-0.2, -0.15) is 0 Å². The molecule has 0 heterocycles. The minimum atomic E-state index is -3.89. The van der Waals surface area contributed by atoms with Crippen LogP contribution in [0.3, 0.4) is 0 Å². The number of hydrogen-bond acceptors (Lipinski definition) is 5. The van der Waals surface area contributed by atoms with Crippen LogP contribution in [0.5, 0.6) is 5.75 Å². The van der Waals surface area contributed by atoms with E-state index < -0.39 is 15.9 Å². The second-order valence-corrected chi connectivity index (χ2v) is 7.80. The quantitative estimate of drug-likeness (QED) is 0.632. The fourth-order valence-electron chi connectivity index (χ4n) is 2.66. The lowest BCUT2D eigenvalue weighted by atomic mass is 10.2. The van der Waals surface area contributed by atoms with E-state index >= 15 is 0 Å². The Morgan fingerprint density at radius 3 is 2.52 bits per heavy atom. The van der Waals surface area contributed by atoms with Crippen molar-refractivity contribution in [2.45, 2.75) is 17.9 Å². The Morgan fingerprint density at radius 2 is 1.89 bits per heavy atom. The number of amides is 1. The molecule has 3 N–H and O–H groups in total. The zero-order valence-electron chi connectivity index (χ0n) is 15.5. The molecule has 0 aliphatic carbocycles. The predicted molar refractivity (Wildman–Crippen MR) is 104 cm³/mol. The van der Waals surface area contributed by atoms with Gasteiger partial charge in [0.25, 0.3) is 5.91 Å². The summed E-state index contributed by atoms with van der Waals surface area (Å²) in [6, 6.07) is 14.1. The summed E-state index contributed by atoms with van der Waals surface area (Å²) in [4.78, 5) is 14.4. The number of carbonyl (C=O) groups excluding carboxylic acids is 1. The summed E-state index contributed by atoms with van der Waals surface area (Å²) >= 11 is 0. The van der Waals surface area contributed by atoms with E-state index in [0.29, 0.717) is 12.3 Å². The van der Waals surface area contributed by atoms with Gasteiger partial charge >= 0.3 is 0 Å². The van der Waals surface area contributed by atoms with Crippen molar-refractivity contribution < 1.29 is 17.9 Å². The average Bonchev–Trinajstić information content (AvgIpc) is 2.64. The lowest BCUT2D eigenvalue weighted by molar-refractivity contribution is 0.0948. The molecule has 2 aromatic carbocycles. The zero-order valence-corrected chi connectivity index (χ0v) is 16.3. The van der Waals surface area contributed by atoms with Crippen molar-refractivity contribution in [3.05, 3.63) is 59.7 Å². The number of nitrogens with one attached hydrogen (secondary N) is 1. The van der Waals surface area contributed by atoms with Gasteiger partial charge in [-0.25, -0.2) is 13.6 Å². The normalized spacial score (nSPS) is 11.4. The minimum absolute atomic E-state index is 0.129. The van der Waals surface area contributed by atoms with Crippen LogP contribution in [0.2, 0.25) is 0 Å². The van der Waals surface area contributed by atoms with E-state index in [1.165, 1.54) is 30.9 Å². The number of nitrogens with two attached hydrogens (primary N) is 1. The highest BCUT2D eigenvalue weighted by molar-refractivity contribution is 7.89. The summed E-state index contributed by atoms with van der Waals surface area (Å²) in [5.74, 6) is -0.107. The lowest BCUT2D eigenvalue weighted by Gasteiger charge is -2.17. The number of nitrogens with zero attached hydrogens (tertiary/aromatic N) is 1. The molecule has 0 spiro atoms. The van der Waals surface area contributed by atoms with Crippen LogP contribution < -0.4 is 15.2 Å². The number of carbonyl (C=O) groups is 1. The molecule has 0 unspecified atom stereocenters. The van der Waals surface area contributed by atoms with Crippen LogP contribution in [0.25, 0.3) is 0 Å². The van der Waals surface area contributed by atoms with Crippen LogP contribution >= 0.6 is 0 Å². The molecule has 0 aliphatic rings. The van der Waals surface area contributed by atoms with Crippen LogP contribution in [0, 0.1) is 0 Å². The molecule has 0 saturated heterocycles. The van der Waals surface area contributed by atoms with Gasteiger partial charge in [0, 0.05) is 13.1 Å². The van der Waals surface area contributed by atoms with Crippen LogP contribution in [-0.2, 0) is 16.6 Å². The fourth-order valence-corrected chi connectivity index (χ4v) is 3.20. The third-order valence-corrected chi connectivity index (χ3v) is 4.95. The molecule has 1 amide bonds. The Labute approximate surface area is 160 Å². The van der Waals surface area contributed by atoms with Gasteiger partial charge in [0.05, 0.1) is 17.6 Å². The summed E-state index contributed by atoms with van der Waals surface area (Å²) in [7, 11) is -0.453. The van der Waals surface area contributed by atoms with Crippen molar-refractivity contribution in [2.24, 2.45) is 5.14 Å². The number of sulfonamides is 1. The molecule has 27 heavy (non-hydrogen) atoms. The number of primary sulfonamides is 1. The number of ether oxygens (including phenoxy) is 1. The van der Waals surface area contributed by atoms with E-state index in [-0.39, 0.29) is 10.5 Å². The van der Waals surface area contributed by atoms with Gasteiger partial charge in [-0.3, -0.25) is 4.79 Å². The molecule has 0 saturated carbocycles. The minimum Gasteiger partial charge on any atom is -0.496 e. The molecule has 2 aromatic rings. The molecule has 0 radical (unpaired) electrons. The summed E-state index contributed by atoms with van der Waals surface area (Å²) in [6.45, 7) is 2.10. The van der Waals surface area contributed by atoms with Crippen molar-refractivity contribution in [3.63, 3.8) is 0 Å². The topological polar surface area (TPSA) is 102 Å². The second kappa shape index (κ2) is 9.50. The van der Waals surface area contributed by atoms with Gasteiger partial charge in [-0.1, -0.05) is 30.3 Å². The maximum atomic E-state index is 12.4. The average molecular weight is 391 g/mol. The highest BCUT2D eigenvalue weighted by Crippen LogP contribution is 2.21. The first-order valence-corrected chi connectivity index (χ1v) is 10.1. The highest BCUT2D eigenvalue weighted by Gasteiger charge is 2.17. The predicted octanol–water partition coefficient (Wildman–Crippen LogP) is 1.59. The third kappa shape index (κ3) is 6.35. The Morgan fingerprint density at radius 1 is 1.19 bits per heavy atom. The van der Waals surface area contributed by atoms with Crippen LogP contribution in [0.4, 0.5) is 0 Å². The summed E-state index contributed by atoms with van der Waals surface area (Å²) in [5, 5.41) is 7.92. The first-order valence-electron chi connectivity index (χ1n) is 8.53. The molecule has 0 aliphatic heterocycles. The number of rotatable bonds is 9. The van der Waals surface area contributed by atoms with E-state index in [2.05, 4.69) is 22.3 Å². The van der Waals surface area contributed by atoms with Crippen molar-refractivity contribution in [1.29, 1.82) is 0 Å². The Kier molecular flexibility index (Phi) is 7.35. The van der Waals surface area contributed by atoms with Crippen molar-refractivity contribution in [2.75, 3.05) is 27.2 Å². The van der Waals surface area contributed by atoms with Gasteiger partial charge in [-0.15, -0.1) is 0 Å². The third-order valence-electron chi connectivity index (χ3n) is 4.04. The molecule has 146 valence electrons. The maximum absolute atomic E-state index is 12.4. The van der Waals surface area contributed by atoms with Crippen molar-refractivity contribution in [1.82, 2.24) is 10.2 Å². The molecule has 7 nitrogen and oxygen atoms in total. The van der Waals surface area contributed by atoms with E-state index in [1.807, 2.05) is 25.2 Å². The maximum Gasteiger partial charge on any atom is 0.255 e. The first-order chi connectivity index (χ1) is 12.8. The Bertz CT molecular complexity index is 870. The van der Waals surface area contributed by atoms with Crippen LogP contribution in [0.1, 0.15) is 22.3 Å². The molecule has 0 bridgehead atoms. The summed E-state index contributed by atoms with van der Waals surface area (Å²) in [6.07, 6.45) is 0.756. The highest BCUT2D eigenvalue weighted by atomic mass is 32.2. The smallest absolute Gasteiger partial charge is 0.255 e. The number of hydrogen-bond donors (Lipinski definition) is 2. The first kappa shape index (κ1) is 20.9. The van der Waals surface area contributed by atoms with E-state index in [4.69, 9.17) is 9.88 Å². The van der Waals surface area contributed by atoms with Gasteiger partial charge < -0.3 is 15.0 Å². The van der Waals surface area contributed by atoms with Gasteiger partial charge in [-0.05, 0) is 43.8 Å². The van der Waals surface area contributed by atoms with Gasteiger partial charge in [0.15, 0.2) is 0 Å². The molecule has 0 aromatic heterocycles. The molecule has 2 rings (SSSR count). The number of benzene rings is 2. The van der Waals surface area contributed by atoms with E-state index in [1.54, 1.807) is 0 Å². The molecular formula is C19H25N3O4S. The lowest BCUT2D eigenvalue weighted by Crippen LogP contribution is -2.28. The van der Waals surface area contributed by atoms with E-state index in [0.717, 1.165) is 19.5 Å². The number of methoxy groups -OCH3 is 1. The zero-order chi connectivity index (χ0) is 19.9. The SMILES string of the molecule is COc1ccc(S(N)(=O)=O)cc1C(=O)NCCCN(C)Cc1ccccc1. The van der Waals surface area contributed by atoms with Gasteiger partial charge in [0.2, 0.25) is 10.0 Å². The fraction of sp³-hybridized carbons (Fsp3) is 0.316. The van der Waals surface area contributed by atoms with Crippen LogP contribution in [0.15, 0.2) is 53.4 Å². The second-order valence-electron chi connectivity index (χ2n) is 6.24. The molecular weight excluding hydrogens is 366 g/mol. The van der Waals surface area contributed by atoms with Crippen LogP contribution in [-0.4, -0.2) is 46.5 Å². The standard InChI is InChI=1S/C19H25N3O4S/c1-22(14-15-7-4-3-5-8-15)12-6-11-21-19(23)17-13-16(27(20,24)25)9-10-18(17)26-2/h3-5,7-10,13H,6,11-12,14H2,1-2H3,(H,21,23)(H2,20,24,25). The van der Waals surface area contributed by atoms with Crippen molar-refractivity contribution >= 4 is 15.9 Å². The van der Waals surface area contributed by atoms with Crippen molar-refractivity contribution in [3.8, 4) is 5.75 Å². The van der Waals surface area contributed by atoms with Gasteiger partial charge in [0.1, 0.15) is 5.75 Å². The summed E-state index contributed by atoms with van der Waals surface area (Å²) in [5.41, 5.74) is 1.37. The molecule has 0 atom stereocenters. The Balaban J connectivity index is 1.88. The van der Waals surface area contributed by atoms with E-state index in [9.17, 15) is 13.2 Å². The molecule has 8 heteroatoms. The largest absolute Gasteiger partial charge is 0.496 e. The Hall–Kier alpha value is -2.42.